The number of carbonyl (C=O) groups excluding carboxylic acids is 1. The molecule has 0 saturated heterocycles. The highest BCUT2D eigenvalue weighted by Crippen LogP contribution is 2.38. The smallest absolute Gasteiger partial charge is 0.295 e. The number of hydrogen-bond acceptors (Lipinski definition) is 6. The van der Waals surface area contributed by atoms with Crippen LogP contribution in [0, 0.1) is 12.7 Å². The molecule has 1 aliphatic rings. The van der Waals surface area contributed by atoms with Crippen LogP contribution in [-0.4, -0.2) is 20.5 Å². The summed E-state index contributed by atoms with van der Waals surface area (Å²) in [4.78, 5) is 43.8. The Hall–Kier alpha value is -3.24. The predicted octanol–water partition coefficient (Wildman–Crippen LogP) is 2.19. The Morgan fingerprint density at radius 1 is 1.13 bits per heavy atom. The quantitative estimate of drug-likeness (QED) is 0.422. The fraction of sp³-hybridized carbons (Fsp3) is 0.0952. The molecule has 0 fully saturated rings. The van der Waals surface area contributed by atoms with E-state index in [4.69, 9.17) is 0 Å². The van der Waals surface area contributed by atoms with E-state index in [-0.39, 0.29) is 27.3 Å². The molecule has 5 rings (SSSR count). The van der Waals surface area contributed by atoms with E-state index < -0.39 is 22.8 Å². The largest absolute Gasteiger partial charge is 0.303 e. The topological polar surface area (TPSA) is 84.6 Å². The summed E-state index contributed by atoms with van der Waals surface area (Å²) in [5.41, 5.74) is 0.673. The van der Waals surface area contributed by atoms with Crippen LogP contribution in [0.1, 0.15) is 16.8 Å². The molecule has 4 aromatic rings. The summed E-state index contributed by atoms with van der Waals surface area (Å²) in [6, 6.07) is 11.5. The number of thiazole rings is 1. The Morgan fingerprint density at radius 3 is 2.68 bits per heavy atom. The van der Waals surface area contributed by atoms with Crippen molar-refractivity contribution in [3.05, 3.63) is 94.8 Å². The minimum Gasteiger partial charge on any atom is -0.303 e. The maximum atomic E-state index is 14.3. The molecular weight excluding hydrogens is 487 g/mol. The van der Waals surface area contributed by atoms with Gasteiger partial charge in [-0.05, 0) is 31.2 Å². The second-order valence-corrected chi connectivity index (χ2v) is 8.85. The predicted molar refractivity (Wildman–Crippen MR) is 118 cm³/mol. The summed E-state index contributed by atoms with van der Waals surface area (Å²) in [5, 5.41) is 4.01. The Balaban J connectivity index is 1.79. The molecule has 0 radical (unpaired) electrons. The molecule has 31 heavy (non-hydrogen) atoms. The van der Waals surface area contributed by atoms with E-state index in [1.807, 2.05) is 0 Å². The number of anilines is 1. The van der Waals surface area contributed by atoms with Gasteiger partial charge >= 0.3 is 0 Å². The lowest BCUT2D eigenvalue weighted by molar-refractivity contribution is -0.113. The Labute approximate surface area is 186 Å². The number of benzene rings is 2. The lowest BCUT2D eigenvalue weighted by Gasteiger charge is -2.17. The first kappa shape index (κ1) is 19.7. The van der Waals surface area contributed by atoms with Gasteiger partial charge in [-0.25, -0.2) is 4.39 Å². The van der Waals surface area contributed by atoms with Gasteiger partial charge in [0.25, 0.3) is 17.0 Å². The summed E-state index contributed by atoms with van der Waals surface area (Å²) in [6.45, 7) is 1.48. The van der Waals surface area contributed by atoms with E-state index in [1.54, 1.807) is 36.4 Å². The van der Waals surface area contributed by atoms with E-state index in [0.717, 1.165) is 20.3 Å². The Kier molecular flexibility index (Phi) is 4.56. The fourth-order valence-electron chi connectivity index (χ4n) is 3.51. The molecule has 0 bridgehead atoms. The summed E-state index contributed by atoms with van der Waals surface area (Å²) >= 11 is 4.34. The number of aromatic nitrogens is 3. The maximum Gasteiger partial charge on any atom is 0.295 e. The van der Waals surface area contributed by atoms with Crippen molar-refractivity contribution in [2.45, 2.75) is 13.5 Å². The van der Waals surface area contributed by atoms with Crippen LogP contribution < -0.4 is 20.6 Å². The van der Waals surface area contributed by atoms with Gasteiger partial charge in [0.2, 0.25) is 4.96 Å². The Morgan fingerprint density at radius 2 is 1.90 bits per heavy atom. The summed E-state index contributed by atoms with van der Waals surface area (Å²) in [5.74, 6) is -0.851. The second-order valence-electron chi connectivity index (χ2n) is 6.95. The number of aryl methyl sites for hydroxylation is 1. The van der Waals surface area contributed by atoms with Crippen molar-refractivity contribution in [1.82, 2.24) is 14.6 Å². The molecule has 0 saturated carbocycles. The van der Waals surface area contributed by atoms with Crippen LogP contribution in [0.5, 0.6) is 0 Å². The van der Waals surface area contributed by atoms with E-state index in [0.29, 0.717) is 16.8 Å². The SMILES string of the molecule is Cc1nn2c(=O)c(=C3C(=O)N(Cc4ccccc4F)c4ccc(Br)cc43)sc2nc1=O. The summed E-state index contributed by atoms with van der Waals surface area (Å²) < 4.78 is 16.1. The van der Waals surface area contributed by atoms with E-state index >= 15 is 0 Å². The van der Waals surface area contributed by atoms with Crippen LogP contribution in [0.15, 0.2) is 56.5 Å². The van der Waals surface area contributed by atoms with Crippen LogP contribution in [0.3, 0.4) is 0 Å². The van der Waals surface area contributed by atoms with Crippen LogP contribution in [0.4, 0.5) is 10.1 Å². The number of halogens is 2. The molecular formula is C21H12BrFN4O3S. The first-order valence-electron chi connectivity index (χ1n) is 9.15. The molecule has 0 spiro atoms. The molecule has 10 heteroatoms. The van der Waals surface area contributed by atoms with Gasteiger partial charge < -0.3 is 4.90 Å². The highest BCUT2D eigenvalue weighted by Gasteiger charge is 2.35. The van der Waals surface area contributed by atoms with E-state index in [2.05, 4.69) is 26.0 Å². The fourth-order valence-corrected chi connectivity index (χ4v) is 4.87. The molecule has 2 aromatic heterocycles. The molecule has 0 aliphatic carbocycles. The third kappa shape index (κ3) is 3.10. The van der Waals surface area contributed by atoms with Gasteiger partial charge in [-0.1, -0.05) is 45.5 Å². The standard InChI is InChI=1S/C21H12BrFN4O3S/c1-10-18(28)24-21-27(25-10)20(30)17(31-21)16-13-8-12(22)6-7-15(13)26(19(16)29)9-11-4-2-3-5-14(11)23/h2-8H,9H2,1H3. The number of rotatable bonds is 2. The van der Waals surface area contributed by atoms with Crippen molar-refractivity contribution in [3.63, 3.8) is 0 Å². The van der Waals surface area contributed by atoms with Crippen LogP contribution in [0.25, 0.3) is 10.5 Å². The van der Waals surface area contributed by atoms with Crippen molar-refractivity contribution in [1.29, 1.82) is 0 Å². The molecule has 7 nitrogen and oxygen atoms in total. The van der Waals surface area contributed by atoms with Crippen molar-refractivity contribution in [2.24, 2.45) is 0 Å². The third-order valence-electron chi connectivity index (χ3n) is 5.01. The molecule has 0 unspecified atom stereocenters. The van der Waals surface area contributed by atoms with Crippen LogP contribution >= 0.6 is 27.3 Å². The average molecular weight is 499 g/mol. The van der Waals surface area contributed by atoms with Gasteiger partial charge in [0.1, 0.15) is 16.0 Å². The highest BCUT2D eigenvalue weighted by atomic mass is 79.9. The van der Waals surface area contributed by atoms with Crippen LogP contribution in [-0.2, 0) is 11.3 Å². The molecule has 154 valence electrons. The number of carbonyl (C=O) groups is 1. The molecule has 0 atom stereocenters. The molecule has 2 aromatic carbocycles. The monoisotopic (exact) mass is 498 g/mol. The number of hydrogen-bond donors (Lipinski definition) is 0. The summed E-state index contributed by atoms with van der Waals surface area (Å²) in [6.07, 6.45) is 0. The van der Waals surface area contributed by atoms with Crippen molar-refractivity contribution >= 4 is 49.4 Å². The molecule has 0 N–H and O–H groups in total. The number of amides is 1. The summed E-state index contributed by atoms with van der Waals surface area (Å²) in [7, 11) is 0. The van der Waals surface area contributed by atoms with Gasteiger partial charge in [-0.2, -0.15) is 14.6 Å². The second kappa shape index (κ2) is 7.17. The van der Waals surface area contributed by atoms with Crippen molar-refractivity contribution < 1.29 is 9.18 Å². The van der Waals surface area contributed by atoms with Gasteiger partial charge in [0.15, 0.2) is 0 Å². The van der Waals surface area contributed by atoms with Crippen molar-refractivity contribution in [2.75, 3.05) is 4.90 Å². The van der Waals surface area contributed by atoms with Gasteiger partial charge in [0.05, 0.1) is 17.8 Å². The number of fused-ring (bicyclic) bond motifs is 2. The van der Waals surface area contributed by atoms with E-state index in [9.17, 15) is 18.8 Å². The zero-order chi connectivity index (χ0) is 21.9. The average Bonchev–Trinajstić information content (AvgIpc) is 3.17. The molecule has 3 heterocycles. The van der Waals surface area contributed by atoms with Gasteiger partial charge in [0, 0.05) is 15.6 Å². The van der Waals surface area contributed by atoms with Gasteiger partial charge in [-0.3, -0.25) is 14.4 Å². The highest BCUT2D eigenvalue weighted by molar-refractivity contribution is 9.10. The van der Waals surface area contributed by atoms with Crippen molar-refractivity contribution in [3.8, 4) is 0 Å². The molecule has 1 aliphatic heterocycles. The normalized spacial score (nSPS) is 15.1. The first-order chi connectivity index (χ1) is 14.8. The van der Waals surface area contributed by atoms with Gasteiger partial charge in [-0.15, -0.1) is 0 Å². The minimum atomic E-state index is -0.530. The zero-order valence-electron chi connectivity index (χ0n) is 15.9. The lowest BCUT2D eigenvalue weighted by Crippen LogP contribution is -2.33. The third-order valence-corrected chi connectivity index (χ3v) is 6.53. The Bertz CT molecular complexity index is 1580. The minimum absolute atomic E-state index is 0.0101. The number of nitrogens with zero attached hydrogens (tertiary/aromatic N) is 4. The molecule has 1 amide bonds. The first-order valence-corrected chi connectivity index (χ1v) is 10.8. The zero-order valence-corrected chi connectivity index (χ0v) is 18.3. The van der Waals surface area contributed by atoms with Crippen LogP contribution in [0.2, 0.25) is 0 Å². The lowest BCUT2D eigenvalue weighted by atomic mass is 10.1. The maximum absolute atomic E-state index is 14.3. The van der Waals surface area contributed by atoms with E-state index in [1.165, 1.54) is 17.9 Å².